The molecule has 4 aromatic rings. The second-order valence-corrected chi connectivity index (χ2v) is 12.7. The monoisotopic (exact) mass is 649 g/mol. The fourth-order valence-electron chi connectivity index (χ4n) is 4.59. The first-order valence-electron chi connectivity index (χ1n) is 14.4. The third kappa shape index (κ3) is 7.26. The first kappa shape index (κ1) is 31.6. The van der Waals surface area contributed by atoms with Gasteiger partial charge in [-0.05, 0) is 72.5 Å². The molecule has 1 atom stereocenters. The van der Waals surface area contributed by atoms with Crippen molar-refractivity contribution in [3.05, 3.63) is 100 Å². The minimum Gasteiger partial charge on any atom is -0.507 e. The number of aliphatic hydroxyl groups is 1. The summed E-state index contributed by atoms with van der Waals surface area (Å²) in [5.74, 6) is 0.102. The molecule has 1 aliphatic heterocycles. The summed E-state index contributed by atoms with van der Waals surface area (Å²) < 4.78 is 12.1. The zero-order chi connectivity index (χ0) is 31.1. The summed E-state index contributed by atoms with van der Waals surface area (Å²) in [5, 5.41) is 21.0. The average Bonchev–Trinajstić information content (AvgIpc) is 3.61. The Balaban J connectivity index is 1.48. The van der Waals surface area contributed by atoms with E-state index in [1.165, 1.54) is 28.0 Å². The molecule has 2 heterocycles. The van der Waals surface area contributed by atoms with Gasteiger partial charge in [0.15, 0.2) is 4.34 Å². The Morgan fingerprint density at radius 2 is 1.57 bits per heavy atom. The van der Waals surface area contributed by atoms with Crippen molar-refractivity contribution in [1.82, 2.24) is 10.2 Å². The van der Waals surface area contributed by atoms with E-state index in [-0.39, 0.29) is 16.5 Å². The summed E-state index contributed by atoms with van der Waals surface area (Å²) in [4.78, 5) is 28.5. The smallest absolute Gasteiger partial charge is 0.301 e. The number of aromatic nitrogens is 2. The van der Waals surface area contributed by atoms with Crippen LogP contribution in [0.1, 0.15) is 55.8 Å². The SMILES string of the molecule is CCCCOc1ccc(C(O)=C2C(=O)C(=O)N(c3nnc(SCc4ccc(Cl)cc4)s3)C2c2ccc(OCCC)cc2)cc1. The van der Waals surface area contributed by atoms with E-state index in [0.29, 0.717) is 51.0 Å². The molecule has 0 spiro atoms. The standard InChI is InChI=1S/C33H32ClN3O5S2/c1-3-5-19-42-26-16-10-23(11-17-26)29(38)27-28(22-8-14-25(15-9-22)41-18-4-2)37(31(40)30(27)39)32-35-36-33(44-32)43-20-21-6-12-24(34)13-7-21/h6-17,28,38H,3-5,18-20H2,1-2H3. The van der Waals surface area contributed by atoms with E-state index in [4.69, 9.17) is 21.1 Å². The van der Waals surface area contributed by atoms with Crippen LogP contribution in [0.5, 0.6) is 11.5 Å². The van der Waals surface area contributed by atoms with Gasteiger partial charge in [-0.15, -0.1) is 10.2 Å². The molecular formula is C33H32ClN3O5S2. The quantitative estimate of drug-likeness (QED) is 0.0387. The molecule has 228 valence electrons. The van der Waals surface area contributed by atoms with Gasteiger partial charge in [0, 0.05) is 16.3 Å². The van der Waals surface area contributed by atoms with Crippen molar-refractivity contribution in [2.75, 3.05) is 18.1 Å². The van der Waals surface area contributed by atoms with E-state index >= 15 is 0 Å². The summed E-state index contributed by atoms with van der Waals surface area (Å²) in [5.41, 5.74) is 2.06. The summed E-state index contributed by atoms with van der Waals surface area (Å²) in [7, 11) is 0. The maximum Gasteiger partial charge on any atom is 0.301 e. The Kier molecular flexibility index (Phi) is 10.6. The third-order valence-electron chi connectivity index (χ3n) is 6.88. The first-order valence-corrected chi connectivity index (χ1v) is 16.5. The normalized spacial score (nSPS) is 16.0. The van der Waals surface area contributed by atoms with Crippen LogP contribution in [-0.4, -0.2) is 40.2 Å². The fourth-order valence-corrected chi connectivity index (χ4v) is 6.54. The number of carbonyl (C=O) groups excluding carboxylic acids is 2. The number of ketones is 1. The van der Waals surface area contributed by atoms with Crippen molar-refractivity contribution < 1.29 is 24.2 Å². The van der Waals surface area contributed by atoms with Crippen molar-refractivity contribution in [1.29, 1.82) is 0 Å². The Hall–Kier alpha value is -3.86. The number of unbranched alkanes of at least 4 members (excludes halogenated alkanes) is 1. The molecule has 1 aliphatic rings. The minimum absolute atomic E-state index is 0.0255. The number of anilines is 1. The Morgan fingerprint density at radius 1 is 0.909 bits per heavy atom. The predicted molar refractivity (Wildman–Crippen MR) is 175 cm³/mol. The van der Waals surface area contributed by atoms with Crippen molar-refractivity contribution in [3.8, 4) is 11.5 Å². The van der Waals surface area contributed by atoms with Crippen molar-refractivity contribution in [2.45, 2.75) is 49.2 Å². The number of thioether (sulfide) groups is 1. The number of nitrogens with zero attached hydrogens (tertiary/aromatic N) is 3. The molecule has 3 aromatic carbocycles. The highest BCUT2D eigenvalue weighted by molar-refractivity contribution is 8.00. The predicted octanol–water partition coefficient (Wildman–Crippen LogP) is 8.08. The Bertz CT molecular complexity index is 1620. The number of amides is 1. The molecule has 1 unspecified atom stereocenters. The Morgan fingerprint density at radius 3 is 2.23 bits per heavy atom. The number of ether oxygens (including phenoxy) is 2. The molecular weight excluding hydrogens is 618 g/mol. The van der Waals surface area contributed by atoms with Gasteiger partial charge < -0.3 is 14.6 Å². The van der Waals surface area contributed by atoms with E-state index in [1.807, 2.05) is 31.2 Å². The second kappa shape index (κ2) is 14.7. The highest BCUT2D eigenvalue weighted by Gasteiger charge is 2.48. The average molecular weight is 650 g/mol. The van der Waals surface area contributed by atoms with Gasteiger partial charge in [0.25, 0.3) is 5.78 Å². The largest absolute Gasteiger partial charge is 0.507 e. The van der Waals surface area contributed by atoms with Crippen LogP contribution < -0.4 is 14.4 Å². The van der Waals surface area contributed by atoms with Crippen LogP contribution in [-0.2, 0) is 15.3 Å². The number of rotatable bonds is 13. The van der Waals surface area contributed by atoms with Crippen LogP contribution in [0, 0.1) is 0 Å². The number of aliphatic hydroxyl groups excluding tert-OH is 1. The van der Waals surface area contributed by atoms with E-state index in [9.17, 15) is 14.7 Å². The molecule has 44 heavy (non-hydrogen) atoms. The van der Waals surface area contributed by atoms with Crippen molar-refractivity contribution in [2.24, 2.45) is 0 Å². The first-order chi connectivity index (χ1) is 21.4. The molecule has 0 aliphatic carbocycles. The molecule has 8 nitrogen and oxygen atoms in total. The van der Waals surface area contributed by atoms with Crippen LogP contribution in [0.15, 0.2) is 82.7 Å². The fraction of sp³-hybridized carbons (Fsp3) is 0.273. The summed E-state index contributed by atoms with van der Waals surface area (Å²) >= 11 is 8.69. The number of carbonyl (C=O) groups is 2. The van der Waals surface area contributed by atoms with E-state index < -0.39 is 17.7 Å². The third-order valence-corrected chi connectivity index (χ3v) is 9.26. The number of Topliss-reactive ketones (excluding diaryl/α,β-unsaturated/α-hetero) is 1. The van der Waals surface area contributed by atoms with Crippen molar-refractivity contribution in [3.63, 3.8) is 0 Å². The van der Waals surface area contributed by atoms with Crippen LogP contribution >= 0.6 is 34.7 Å². The highest BCUT2D eigenvalue weighted by Crippen LogP contribution is 2.44. The van der Waals surface area contributed by atoms with Crippen LogP contribution in [0.4, 0.5) is 5.13 Å². The molecule has 0 bridgehead atoms. The lowest BCUT2D eigenvalue weighted by atomic mass is 9.95. The summed E-state index contributed by atoms with van der Waals surface area (Å²) in [6, 6.07) is 20.6. The van der Waals surface area contributed by atoms with Gasteiger partial charge in [-0.3, -0.25) is 14.5 Å². The number of hydrogen-bond acceptors (Lipinski definition) is 9. The molecule has 1 amide bonds. The zero-order valence-corrected chi connectivity index (χ0v) is 26.8. The van der Waals surface area contributed by atoms with Crippen LogP contribution in [0.3, 0.4) is 0 Å². The van der Waals surface area contributed by atoms with Gasteiger partial charge >= 0.3 is 5.91 Å². The minimum atomic E-state index is -0.919. The molecule has 1 saturated heterocycles. The van der Waals surface area contributed by atoms with Crippen molar-refractivity contribution >= 4 is 57.3 Å². The molecule has 0 saturated carbocycles. The Labute approximate surface area is 269 Å². The van der Waals surface area contributed by atoms with Crippen LogP contribution in [0.2, 0.25) is 5.02 Å². The molecule has 1 fully saturated rings. The number of hydrogen-bond donors (Lipinski definition) is 1. The van der Waals surface area contributed by atoms with Gasteiger partial charge in [-0.25, -0.2) is 0 Å². The second-order valence-electron chi connectivity index (χ2n) is 10.1. The van der Waals surface area contributed by atoms with E-state index in [2.05, 4.69) is 17.1 Å². The highest BCUT2D eigenvalue weighted by atomic mass is 35.5. The maximum atomic E-state index is 13.6. The lowest BCUT2D eigenvalue weighted by Crippen LogP contribution is -2.29. The van der Waals surface area contributed by atoms with Gasteiger partial charge in [0.1, 0.15) is 17.3 Å². The zero-order valence-electron chi connectivity index (χ0n) is 24.4. The number of benzene rings is 3. The maximum absolute atomic E-state index is 13.6. The summed E-state index contributed by atoms with van der Waals surface area (Å²) in [6.07, 6.45) is 2.81. The molecule has 1 N–H and O–H groups in total. The molecule has 11 heteroatoms. The van der Waals surface area contributed by atoms with Gasteiger partial charge in [0.05, 0.1) is 24.8 Å². The molecule has 0 radical (unpaired) electrons. The van der Waals surface area contributed by atoms with E-state index in [0.717, 1.165) is 24.8 Å². The topological polar surface area (TPSA) is 102 Å². The lowest BCUT2D eigenvalue weighted by molar-refractivity contribution is -0.132. The van der Waals surface area contributed by atoms with Gasteiger partial charge in [-0.1, -0.05) is 79.2 Å². The van der Waals surface area contributed by atoms with Crippen LogP contribution in [0.25, 0.3) is 5.76 Å². The molecule has 5 rings (SSSR count). The van der Waals surface area contributed by atoms with Gasteiger partial charge in [-0.2, -0.15) is 0 Å². The number of halogens is 1. The summed E-state index contributed by atoms with van der Waals surface area (Å²) in [6.45, 7) is 5.27. The van der Waals surface area contributed by atoms with Gasteiger partial charge in [0.2, 0.25) is 5.13 Å². The lowest BCUT2D eigenvalue weighted by Gasteiger charge is -2.22. The molecule has 1 aromatic heterocycles. The van der Waals surface area contributed by atoms with E-state index in [1.54, 1.807) is 48.5 Å².